The molecule has 2 aromatic heterocycles. The number of aliphatic hydroxyl groups excluding tert-OH is 2. The average Bonchev–Trinajstić information content (AvgIpc) is 3.64. The molecule has 20 heteroatoms. The Balaban J connectivity index is 1.27. The quantitative estimate of drug-likeness (QED) is 0.185. The molecule has 4 heterocycles. The van der Waals surface area contributed by atoms with E-state index in [1.807, 2.05) is 0 Å². The van der Waals surface area contributed by atoms with Crippen LogP contribution < -0.4 is 21.7 Å². The molecule has 1 fully saturated rings. The summed E-state index contributed by atoms with van der Waals surface area (Å²) in [4.78, 5) is 47.5. The summed E-state index contributed by atoms with van der Waals surface area (Å²) in [6, 6.07) is 3.38. The topological polar surface area (TPSA) is 207 Å². The van der Waals surface area contributed by atoms with Gasteiger partial charge in [0.25, 0.3) is 11.8 Å². The van der Waals surface area contributed by atoms with Crippen LogP contribution in [-0.2, 0) is 20.9 Å². The van der Waals surface area contributed by atoms with E-state index in [1.165, 1.54) is 16.7 Å². The molecule has 1 saturated heterocycles. The van der Waals surface area contributed by atoms with Gasteiger partial charge >= 0.3 is 23.7 Å². The van der Waals surface area contributed by atoms with Gasteiger partial charge in [0.05, 0.1) is 6.33 Å². The number of benzene rings is 1. The van der Waals surface area contributed by atoms with E-state index in [0.717, 1.165) is 29.4 Å². The molecule has 230 valence electrons. The molecule has 2 aliphatic heterocycles. The van der Waals surface area contributed by atoms with Gasteiger partial charge < -0.3 is 36.6 Å². The molecular weight excluding hydrogens is 598 g/mol. The first-order valence-corrected chi connectivity index (χ1v) is 12.2. The fourth-order valence-electron chi connectivity index (χ4n) is 4.54. The zero-order valence-corrected chi connectivity index (χ0v) is 21.3. The van der Waals surface area contributed by atoms with Crippen LogP contribution in [0.4, 0.5) is 37.8 Å². The van der Waals surface area contributed by atoms with Crippen LogP contribution in [0.25, 0.3) is 11.2 Å². The van der Waals surface area contributed by atoms with Crippen molar-refractivity contribution < 1.29 is 55.7 Å². The van der Waals surface area contributed by atoms with Gasteiger partial charge in [-0.25, -0.2) is 15.0 Å². The summed E-state index contributed by atoms with van der Waals surface area (Å²) < 4.78 is 93.8. The van der Waals surface area contributed by atoms with Crippen molar-refractivity contribution in [3.8, 4) is 0 Å². The van der Waals surface area contributed by atoms with Crippen LogP contribution in [0.15, 0.2) is 30.9 Å². The Morgan fingerprint density at radius 2 is 1.77 bits per heavy atom. The average molecular weight is 618 g/mol. The molecule has 5 rings (SSSR count). The minimum atomic E-state index is -6.56. The maximum absolute atomic E-state index is 14.6. The summed E-state index contributed by atoms with van der Waals surface area (Å²) in [5, 5.41) is 25.7. The highest BCUT2D eigenvalue weighted by Gasteiger charge is 2.78. The molecule has 43 heavy (non-hydrogen) atoms. The minimum absolute atomic E-state index is 0.0310. The number of halogens is 6. The van der Waals surface area contributed by atoms with Crippen LogP contribution in [0.2, 0.25) is 0 Å². The Bertz CT molecular complexity index is 1620. The van der Waals surface area contributed by atoms with Gasteiger partial charge in [0.1, 0.15) is 30.2 Å². The number of alkyl halides is 6. The molecule has 0 radical (unpaired) electrons. The molecule has 0 saturated carbocycles. The van der Waals surface area contributed by atoms with E-state index in [9.17, 15) is 50.9 Å². The number of nitrogens with two attached hydrogens (primary N) is 1. The van der Waals surface area contributed by atoms with Gasteiger partial charge in [0.2, 0.25) is 0 Å². The highest BCUT2D eigenvalue weighted by Crippen LogP contribution is 2.46. The van der Waals surface area contributed by atoms with Crippen LogP contribution in [0.1, 0.15) is 22.1 Å². The second-order valence-electron chi connectivity index (χ2n) is 9.53. The van der Waals surface area contributed by atoms with Gasteiger partial charge in [-0.3, -0.25) is 19.0 Å². The van der Waals surface area contributed by atoms with Gasteiger partial charge in [0.15, 0.2) is 17.7 Å². The van der Waals surface area contributed by atoms with Gasteiger partial charge in [-0.1, -0.05) is 6.07 Å². The van der Waals surface area contributed by atoms with Crippen molar-refractivity contribution in [1.29, 1.82) is 0 Å². The summed E-state index contributed by atoms with van der Waals surface area (Å²) in [5.41, 5.74) is 5.18. The highest BCUT2D eigenvalue weighted by molar-refractivity contribution is 6.03. The number of nitrogens with zero attached hydrogens (tertiary/aromatic N) is 4. The largest absolute Gasteiger partial charge is 0.393 e. The van der Waals surface area contributed by atoms with E-state index >= 15 is 0 Å². The maximum Gasteiger partial charge on any atom is 0.393 e. The number of amides is 3. The first-order chi connectivity index (χ1) is 20.1. The smallest absolute Gasteiger partial charge is 0.387 e. The number of fused-ring (bicyclic) bond motifs is 2. The molecule has 0 bridgehead atoms. The van der Waals surface area contributed by atoms with Gasteiger partial charge in [-0.05, 0) is 12.1 Å². The summed E-state index contributed by atoms with van der Waals surface area (Å²) in [6.45, 7) is -1.41. The van der Waals surface area contributed by atoms with Gasteiger partial charge in [-0.2, -0.15) is 26.3 Å². The SMILES string of the molecule is Nc1ncnc2c1ncn2C1OC(CNC(=O)C(F)(F)C(F)(F)C(F)(F)C(=O)Nc2cccc3c2CNC3=O)C(O)C1O. The third-order valence-corrected chi connectivity index (χ3v) is 6.92. The molecule has 4 unspecified atom stereocenters. The van der Waals surface area contributed by atoms with E-state index in [1.54, 1.807) is 0 Å². The lowest BCUT2D eigenvalue weighted by molar-refractivity contribution is -0.285. The number of aliphatic hydroxyl groups is 2. The fourth-order valence-corrected chi connectivity index (χ4v) is 4.54. The predicted molar refractivity (Wildman–Crippen MR) is 130 cm³/mol. The summed E-state index contributed by atoms with van der Waals surface area (Å²) in [5.74, 6) is -25.3. The molecule has 0 aliphatic carbocycles. The van der Waals surface area contributed by atoms with Crippen LogP contribution in [0, 0.1) is 0 Å². The van der Waals surface area contributed by atoms with E-state index in [2.05, 4.69) is 20.3 Å². The summed E-state index contributed by atoms with van der Waals surface area (Å²) in [6.07, 6.45) is -4.71. The van der Waals surface area contributed by atoms with E-state index in [-0.39, 0.29) is 34.7 Å². The van der Waals surface area contributed by atoms with Crippen LogP contribution in [0.3, 0.4) is 0 Å². The fraction of sp³-hybridized carbons (Fsp3) is 0.391. The van der Waals surface area contributed by atoms with Crippen LogP contribution in [-0.4, -0.2) is 90.1 Å². The number of nitrogen functional groups attached to an aromatic ring is 1. The van der Waals surface area contributed by atoms with Crippen molar-refractivity contribution in [2.75, 3.05) is 17.6 Å². The number of anilines is 2. The molecule has 3 aromatic rings. The number of rotatable bonds is 8. The van der Waals surface area contributed by atoms with E-state index in [4.69, 9.17) is 10.5 Å². The number of hydrogen-bond donors (Lipinski definition) is 6. The molecule has 2 aliphatic rings. The number of aromatic nitrogens is 4. The van der Waals surface area contributed by atoms with Gasteiger partial charge in [0, 0.05) is 29.9 Å². The lowest BCUT2D eigenvalue weighted by atomic mass is 10.0. The first-order valence-electron chi connectivity index (χ1n) is 12.2. The minimum Gasteiger partial charge on any atom is -0.387 e. The van der Waals surface area contributed by atoms with Crippen molar-refractivity contribution in [2.45, 2.75) is 48.9 Å². The normalized spacial score (nSPS) is 22.4. The van der Waals surface area contributed by atoms with Crippen molar-refractivity contribution in [3.05, 3.63) is 42.0 Å². The predicted octanol–water partition coefficient (Wildman–Crippen LogP) is -0.0681. The second-order valence-corrected chi connectivity index (χ2v) is 9.53. The number of nitrogens with one attached hydrogen (secondary N) is 3. The number of imidazole rings is 1. The number of ether oxygens (including phenoxy) is 1. The molecular formula is C23H20F6N8O6. The monoisotopic (exact) mass is 618 g/mol. The highest BCUT2D eigenvalue weighted by atomic mass is 19.3. The molecule has 3 amide bonds. The molecule has 4 atom stereocenters. The van der Waals surface area contributed by atoms with E-state index < -0.39 is 72.3 Å². The Morgan fingerprint density at radius 3 is 2.49 bits per heavy atom. The molecule has 0 spiro atoms. The van der Waals surface area contributed by atoms with Crippen LogP contribution >= 0.6 is 0 Å². The lowest BCUT2D eigenvalue weighted by Crippen LogP contribution is -2.64. The van der Waals surface area contributed by atoms with Crippen LogP contribution in [0.5, 0.6) is 0 Å². The van der Waals surface area contributed by atoms with E-state index in [0.29, 0.717) is 0 Å². The lowest BCUT2D eigenvalue weighted by Gasteiger charge is -2.31. The third kappa shape index (κ3) is 4.66. The number of carbonyl (C=O) groups excluding carboxylic acids is 3. The zero-order valence-electron chi connectivity index (χ0n) is 21.3. The van der Waals surface area contributed by atoms with Crippen molar-refractivity contribution in [2.24, 2.45) is 0 Å². The molecule has 7 N–H and O–H groups in total. The Labute approximate surface area is 235 Å². The standard InChI is InChI=1S/C23H20F6N8O6/c24-21(25,23(28,29)22(26,27)20(42)36-10-3-1-2-8-9(10)4-31-17(8)40)19(41)32-5-11-13(38)14(39)18(43-11)37-7-35-12-15(30)33-6-34-16(12)37/h1-3,6-7,11,13-14,18,38-39H,4-5H2,(H,31,40)(H,32,41)(H,36,42)(H2,30,33,34). The third-order valence-electron chi connectivity index (χ3n) is 6.92. The van der Waals surface area contributed by atoms with Gasteiger partial charge in [-0.15, -0.1) is 0 Å². The summed E-state index contributed by atoms with van der Waals surface area (Å²) >= 11 is 0. The number of carbonyl (C=O) groups is 3. The maximum atomic E-state index is 14.6. The molecule has 1 aromatic carbocycles. The van der Waals surface area contributed by atoms with Crippen molar-refractivity contribution >= 4 is 40.4 Å². The van der Waals surface area contributed by atoms with Crippen molar-refractivity contribution in [3.63, 3.8) is 0 Å². The second kappa shape index (κ2) is 10.3. The Morgan fingerprint density at radius 1 is 1.07 bits per heavy atom. The van der Waals surface area contributed by atoms with Crippen molar-refractivity contribution in [1.82, 2.24) is 30.2 Å². The molecule has 14 nitrogen and oxygen atoms in total. The summed E-state index contributed by atoms with van der Waals surface area (Å²) in [7, 11) is 0. The Hall–Kier alpha value is -4.56. The Kier molecular flexibility index (Phi) is 7.17. The zero-order chi connectivity index (χ0) is 31.5. The number of hydrogen-bond acceptors (Lipinski definition) is 10. The first kappa shape index (κ1) is 29.9.